The summed E-state index contributed by atoms with van der Waals surface area (Å²) in [4.78, 5) is 34.3. The summed E-state index contributed by atoms with van der Waals surface area (Å²) in [5, 5.41) is -0.173. The van der Waals surface area contributed by atoms with Gasteiger partial charge in [0.15, 0.2) is 5.12 Å². The number of carbonyl (C=O) groups is 2. The minimum absolute atomic E-state index is 0.129. The van der Waals surface area contributed by atoms with Gasteiger partial charge in [0.05, 0.1) is 12.2 Å². The molecule has 0 radical (unpaired) electrons. The highest BCUT2D eigenvalue weighted by Crippen LogP contribution is 2.63. The van der Waals surface area contributed by atoms with Crippen molar-refractivity contribution in [3.8, 4) is 5.75 Å². The van der Waals surface area contributed by atoms with Gasteiger partial charge in [-0.3, -0.25) is 9.36 Å². The molecule has 0 spiro atoms. The van der Waals surface area contributed by atoms with Crippen LogP contribution in [0.2, 0.25) is 0 Å². The highest BCUT2D eigenvalue weighted by Gasteiger charge is 2.52. The number of esters is 1. The lowest BCUT2D eigenvalue weighted by molar-refractivity contribution is -0.117. The number of alkyl halides is 2. The second-order valence-corrected chi connectivity index (χ2v) is 12.3. The smallest absolute Gasteiger partial charge is 0.401 e. The van der Waals surface area contributed by atoms with Crippen LogP contribution < -0.4 is 4.74 Å². The topological polar surface area (TPSA) is 89.9 Å². The summed E-state index contributed by atoms with van der Waals surface area (Å²) in [5.41, 5.74) is -6.68. The Morgan fingerprint density at radius 2 is 1.43 bits per heavy atom. The lowest BCUT2D eigenvalue weighted by Crippen LogP contribution is -2.19. The van der Waals surface area contributed by atoms with E-state index in [1.807, 2.05) is 0 Å². The molecule has 0 heterocycles. The van der Waals surface area contributed by atoms with Crippen molar-refractivity contribution in [2.75, 3.05) is 12.4 Å². The van der Waals surface area contributed by atoms with Crippen molar-refractivity contribution < 1.29 is 59.0 Å². The average Bonchev–Trinajstić information content (AvgIpc) is 2.89. The van der Waals surface area contributed by atoms with Crippen LogP contribution in [0.3, 0.4) is 0 Å². The molecule has 0 aliphatic rings. The number of rotatable bonds is 8. The van der Waals surface area contributed by atoms with Crippen molar-refractivity contribution >= 4 is 41.2 Å². The molecule has 0 saturated carbocycles. The van der Waals surface area contributed by atoms with Crippen LogP contribution in [0.4, 0.5) is 30.7 Å². The molecule has 15 heteroatoms. The predicted molar refractivity (Wildman–Crippen MR) is 132 cm³/mol. The van der Waals surface area contributed by atoms with Crippen LogP contribution in [0.5, 0.6) is 5.75 Å². The number of hydrogen-bond donors (Lipinski definition) is 1. The Kier molecular flexibility index (Phi) is 9.10. The first-order chi connectivity index (χ1) is 18.4. The maximum absolute atomic E-state index is 15.0. The number of ether oxygens (including phenoxy) is 1. The zero-order chi connectivity index (χ0) is 30.2. The summed E-state index contributed by atoms with van der Waals surface area (Å²) in [6.07, 6.45) is 0. The number of halogens is 7. The molecule has 216 valence electrons. The van der Waals surface area contributed by atoms with Crippen molar-refractivity contribution in [1.82, 2.24) is 0 Å². The van der Waals surface area contributed by atoms with E-state index in [9.17, 15) is 49.8 Å². The maximum atomic E-state index is 15.0. The van der Waals surface area contributed by atoms with Crippen molar-refractivity contribution in [2.24, 2.45) is 5.41 Å². The van der Waals surface area contributed by atoms with E-state index in [-0.39, 0.29) is 21.6 Å². The zero-order valence-corrected chi connectivity index (χ0v) is 22.6. The second kappa shape index (κ2) is 11.5. The molecule has 40 heavy (non-hydrogen) atoms. The first-order valence-corrected chi connectivity index (χ1v) is 13.7. The molecule has 0 saturated heterocycles. The van der Waals surface area contributed by atoms with Gasteiger partial charge in [0, 0.05) is 16.7 Å². The van der Waals surface area contributed by atoms with Gasteiger partial charge < -0.3 is 14.2 Å². The van der Waals surface area contributed by atoms with Gasteiger partial charge in [-0.25, -0.2) is 18.0 Å². The number of carbonyl (C=O) groups excluding carboxylic acids is 2. The van der Waals surface area contributed by atoms with Gasteiger partial charge in [0.2, 0.25) is 34.8 Å². The van der Waals surface area contributed by atoms with Gasteiger partial charge >= 0.3 is 19.2 Å². The molecule has 1 N–H and O–H groups in total. The molecule has 0 aliphatic heterocycles. The van der Waals surface area contributed by atoms with Crippen molar-refractivity contribution in [3.05, 3.63) is 76.6 Å². The van der Waals surface area contributed by atoms with Crippen LogP contribution in [0.1, 0.15) is 36.7 Å². The normalized spacial score (nSPS) is 13.8. The first kappa shape index (κ1) is 31.6. The summed E-state index contributed by atoms with van der Waals surface area (Å²) >= 11 is 0.749. The van der Waals surface area contributed by atoms with E-state index < -0.39 is 77.2 Å². The Bertz CT molecular complexity index is 1510. The fraction of sp³-hybridized carbons (Fsp3) is 0.280. The second-order valence-electron chi connectivity index (χ2n) is 9.35. The quantitative estimate of drug-likeness (QED) is 0.0543. The number of hydrogen-bond acceptors (Lipinski definition) is 6. The Balaban J connectivity index is 1.84. The molecule has 1 atom stereocenters. The van der Waals surface area contributed by atoms with Crippen molar-refractivity contribution in [3.63, 3.8) is 0 Å². The first-order valence-electron chi connectivity index (χ1n) is 11.2. The molecule has 0 aromatic heterocycles. The Hall–Kier alpha value is -2.93. The largest absolute Gasteiger partial charge is 0.416 e. The molecule has 1 unspecified atom stereocenters. The van der Waals surface area contributed by atoms with E-state index in [4.69, 9.17) is 0 Å². The molecule has 3 aromatic carbocycles. The molecule has 6 nitrogen and oxygen atoms in total. The van der Waals surface area contributed by atoms with Crippen LogP contribution in [-0.2, 0) is 19.5 Å². The highest BCUT2D eigenvalue weighted by atomic mass is 32.2. The zero-order valence-electron chi connectivity index (χ0n) is 20.9. The van der Waals surface area contributed by atoms with E-state index in [0.29, 0.717) is 0 Å². The van der Waals surface area contributed by atoms with Gasteiger partial charge in [0.25, 0.3) is 0 Å². The van der Waals surface area contributed by atoms with Crippen molar-refractivity contribution in [1.29, 1.82) is 0 Å². The molecule has 0 bridgehead atoms. The lowest BCUT2D eigenvalue weighted by Gasteiger charge is -2.23. The predicted octanol–water partition coefficient (Wildman–Crippen LogP) is 7.31. The Labute approximate surface area is 227 Å². The van der Waals surface area contributed by atoms with Gasteiger partial charge in [-0.1, -0.05) is 50.7 Å². The molecular weight excluding hydrogens is 592 g/mol. The SMILES string of the molecule is CC(C)(C)C(=O)SCCOP(=O)(O)C(F)(F)c1ccc2ccc(C(=O)Oc3c(F)c(F)c(F)c(F)c3F)cc2c1. The summed E-state index contributed by atoms with van der Waals surface area (Å²) in [6, 6.07) is 5.83. The number of fused-ring (bicyclic) bond motifs is 1. The van der Waals surface area contributed by atoms with E-state index in [1.54, 1.807) is 20.8 Å². The third-order valence-electron chi connectivity index (χ3n) is 5.34. The van der Waals surface area contributed by atoms with Crippen LogP contribution in [0, 0.1) is 34.5 Å². The number of thioether (sulfide) groups is 1. The van der Waals surface area contributed by atoms with E-state index in [2.05, 4.69) is 9.26 Å². The third kappa shape index (κ3) is 6.35. The minimum Gasteiger partial charge on any atom is -0.416 e. The van der Waals surface area contributed by atoms with E-state index in [1.165, 1.54) is 6.07 Å². The van der Waals surface area contributed by atoms with Crippen LogP contribution in [0.15, 0.2) is 36.4 Å². The van der Waals surface area contributed by atoms with Crippen LogP contribution in [-0.4, -0.2) is 28.3 Å². The van der Waals surface area contributed by atoms with Gasteiger partial charge in [-0.05, 0) is 29.0 Å². The average molecular weight is 612 g/mol. The van der Waals surface area contributed by atoms with Crippen molar-refractivity contribution in [2.45, 2.75) is 26.4 Å². The summed E-state index contributed by atoms with van der Waals surface area (Å²) < 4.78 is 119. The number of benzene rings is 3. The van der Waals surface area contributed by atoms with E-state index >= 15 is 0 Å². The fourth-order valence-corrected chi connectivity index (χ4v) is 5.02. The molecular formula is C25H20F7O6PS. The highest BCUT2D eigenvalue weighted by molar-refractivity contribution is 8.13. The van der Waals surface area contributed by atoms with Crippen LogP contribution in [0.25, 0.3) is 10.8 Å². The van der Waals surface area contributed by atoms with E-state index in [0.717, 1.165) is 42.1 Å². The maximum Gasteiger partial charge on any atom is 0.401 e. The summed E-state index contributed by atoms with van der Waals surface area (Å²) in [6.45, 7) is 4.27. The van der Waals surface area contributed by atoms with Gasteiger partial charge in [0.1, 0.15) is 0 Å². The fourth-order valence-electron chi connectivity index (χ4n) is 3.14. The molecule has 3 rings (SSSR count). The minimum atomic E-state index is -5.63. The molecule has 0 fully saturated rings. The molecule has 3 aromatic rings. The van der Waals surface area contributed by atoms with Crippen LogP contribution >= 0.6 is 19.4 Å². The summed E-state index contributed by atoms with van der Waals surface area (Å²) in [5.74, 6) is -15.5. The molecule has 0 aliphatic carbocycles. The third-order valence-corrected chi connectivity index (χ3v) is 8.08. The monoisotopic (exact) mass is 612 g/mol. The summed E-state index contributed by atoms with van der Waals surface area (Å²) in [7, 11) is -5.63. The Morgan fingerprint density at radius 3 is 2.00 bits per heavy atom. The lowest BCUT2D eigenvalue weighted by atomic mass is 10.00. The van der Waals surface area contributed by atoms with Gasteiger partial charge in [-0.2, -0.15) is 17.6 Å². The Morgan fingerprint density at radius 1 is 0.875 bits per heavy atom. The van der Waals surface area contributed by atoms with Gasteiger partial charge in [-0.15, -0.1) is 0 Å². The molecule has 0 amide bonds. The standard InChI is InChI=1S/C25H20F7O6PS/c1-24(2,3)23(34)40-9-8-37-39(35,36)25(31,32)15-7-6-12-4-5-13(10-14(12)11-15)22(33)38-21-19(29)17(27)16(26)18(28)20(21)30/h4-7,10-11H,8-9H2,1-3H3,(H,35,36).